The molecule has 1 aliphatic rings. The molecule has 0 heterocycles. The molecule has 1 aromatic carbocycles. The van der Waals surface area contributed by atoms with E-state index in [-0.39, 0.29) is 23.6 Å². The minimum atomic E-state index is -0.684. The molecule has 0 saturated heterocycles. The molecule has 18 heavy (non-hydrogen) atoms. The summed E-state index contributed by atoms with van der Waals surface area (Å²) < 4.78 is 18.6. The number of nitrogens with zero attached hydrogens (tertiary/aromatic N) is 1. The number of ether oxygens (including phenoxy) is 1. The number of hydrogen-bond acceptors (Lipinski definition) is 4. The van der Waals surface area contributed by atoms with Gasteiger partial charge >= 0.3 is 0 Å². The SMILES string of the molecule is NC1(COc2cc(F)cc([N+](=O)[O-])c2)CCCC1. The van der Waals surface area contributed by atoms with Gasteiger partial charge in [0.25, 0.3) is 5.69 Å². The van der Waals surface area contributed by atoms with Crippen molar-refractivity contribution in [3.05, 3.63) is 34.1 Å². The summed E-state index contributed by atoms with van der Waals surface area (Å²) in [7, 11) is 0. The van der Waals surface area contributed by atoms with Crippen LogP contribution in [0.2, 0.25) is 0 Å². The lowest BCUT2D eigenvalue weighted by Crippen LogP contribution is -2.42. The zero-order chi connectivity index (χ0) is 13.2. The molecule has 1 saturated carbocycles. The maximum atomic E-state index is 13.2. The van der Waals surface area contributed by atoms with Crippen LogP contribution in [0.15, 0.2) is 18.2 Å². The average molecular weight is 254 g/mol. The fraction of sp³-hybridized carbons (Fsp3) is 0.500. The third-order valence-corrected chi connectivity index (χ3v) is 3.19. The Bertz CT molecular complexity index is 459. The summed E-state index contributed by atoms with van der Waals surface area (Å²) in [6.45, 7) is 0.258. The first-order valence-electron chi connectivity index (χ1n) is 5.85. The molecule has 98 valence electrons. The monoisotopic (exact) mass is 254 g/mol. The highest BCUT2D eigenvalue weighted by atomic mass is 19.1. The van der Waals surface area contributed by atoms with Crippen LogP contribution in [0.1, 0.15) is 25.7 Å². The summed E-state index contributed by atoms with van der Waals surface area (Å²) in [5.74, 6) is -0.532. The van der Waals surface area contributed by atoms with Crippen molar-refractivity contribution >= 4 is 5.69 Å². The van der Waals surface area contributed by atoms with E-state index in [1.54, 1.807) is 0 Å². The Morgan fingerprint density at radius 1 is 1.39 bits per heavy atom. The average Bonchev–Trinajstić information content (AvgIpc) is 2.73. The minimum absolute atomic E-state index is 0.151. The molecule has 0 aliphatic heterocycles. The summed E-state index contributed by atoms with van der Waals surface area (Å²) in [6.07, 6.45) is 3.85. The lowest BCUT2D eigenvalue weighted by Gasteiger charge is -2.23. The molecular formula is C12H15FN2O3. The van der Waals surface area contributed by atoms with Crippen molar-refractivity contribution in [3.63, 3.8) is 0 Å². The van der Waals surface area contributed by atoms with E-state index in [4.69, 9.17) is 10.5 Å². The second kappa shape index (κ2) is 4.89. The Kier molecular flexibility index (Phi) is 3.47. The van der Waals surface area contributed by atoms with Crippen molar-refractivity contribution < 1.29 is 14.1 Å². The van der Waals surface area contributed by atoms with Crippen molar-refractivity contribution in [3.8, 4) is 5.75 Å². The van der Waals surface area contributed by atoms with E-state index >= 15 is 0 Å². The van der Waals surface area contributed by atoms with E-state index in [9.17, 15) is 14.5 Å². The van der Waals surface area contributed by atoms with Crippen LogP contribution in [0.25, 0.3) is 0 Å². The second-order valence-corrected chi connectivity index (χ2v) is 4.76. The molecule has 0 unspecified atom stereocenters. The molecule has 2 rings (SSSR count). The summed E-state index contributed by atoms with van der Waals surface area (Å²) in [5.41, 5.74) is 5.39. The van der Waals surface area contributed by atoms with Gasteiger partial charge in [0.05, 0.1) is 22.6 Å². The first kappa shape index (κ1) is 12.8. The Hall–Kier alpha value is -1.69. The van der Waals surface area contributed by atoms with Gasteiger partial charge in [-0.2, -0.15) is 0 Å². The number of halogens is 1. The van der Waals surface area contributed by atoms with E-state index in [2.05, 4.69) is 0 Å². The third kappa shape index (κ3) is 2.95. The predicted octanol–water partition coefficient (Wildman–Crippen LogP) is 2.38. The van der Waals surface area contributed by atoms with Crippen molar-refractivity contribution in [1.29, 1.82) is 0 Å². The first-order chi connectivity index (χ1) is 8.48. The quantitative estimate of drug-likeness (QED) is 0.661. The van der Waals surface area contributed by atoms with Gasteiger partial charge in [-0.3, -0.25) is 10.1 Å². The van der Waals surface area contributed by atoms with Crippen molar-refractivity contribution in [2.45, 2.75) is 31.2 Å². The van der Waals surface area contributed by atoms with Crippen LogP contribution < -0.4 is 10.5 Å². The highest BCUT2D eigenvalue weighted by Gasteiger charge is 2.30. The number of non-ortho nitro benzene ring substituents is 1. The zero-order valence-electron chi connectivity index (χ0n) is 9.89. The lowest BCUT2D eigenvalue weighted by molar-refractivity contribution is -0.385. The number of rotatable bonds is 4. The summed E-state index contributed by atoms with van der Waals surface area (Å²) in [5, 5.41) is 10.6. The fourth-order valence-electron chi connectivity index (χ4n) is 2.19. The minimum Gasteiger partial charge on any atom is -0.491 e. The molecule has 1 aromatic rings. The molecule has 0 atom stereocenters. The number of benzene rings is 1. The van der Waals surface area contributed by atoms with Crippen LogP contribution in [0.5, 0.6) is 5.75 Å². The van der Waals surface area contributed by atoms with Gasteiger partial charge < -0.3 is 10.5 Å². The molecule has 0 amide bonds. The van der Waals surface area contributed by atoms with Crippen molar-refractivity contribution in [1.82, 2.24) is 0 Å². The maximum absolute atomic E-state index is 13.2. The number of nitro groups is 1. The van der Waals surface area contributed by atoms with Gasteiger partial charge in [-0.05, 0) is 12.8 Å². The highest BCUT2D eigenvalue weighted by molar-refractivity contribution is 5.38. The van der Waals surface area contributed by atoms with Gasteiger partial charge in [0.1, 0.15) is 18.2 Å². The van der Waals surface area contributed by atoms with E-state index in [0.29, 0.717) is 0 Å². The molecule has 2 N–H and O–H groups in total. The molecule has 0 spiro atoms. The summed E-state index contributed by atoms with van der Waals surface area (Å²) >= 11 is 0. The molecule has 0 radical (unpaired) electrons. The van der Waals surface area contributed by atoms with Crippen molar-refractivity contribution in [2.24, 2.45) is 5.73 Å². The van der Waals surface area contributed by atoms with Crippen LogP contribution in [-0.4, -0.2) is 17.1 Å². The maximum Gasteiger partial charge on any atom is 0.276 e. The van der Waals surface area contributed by atoms with E-state index in [1.165, 1.54) is 6.07 Å². The fourth-order valence-corrected chi connectivity index (χ4v) is 2.19. The Morgan fingerprint density at radius 2 is 2.06 bits per heavy atom. The van der Waals surface area contributed by atoms with Gasteiger partial charge in [0.15, 0.2) is 0 Å². The molecule has 6 heteroatoms. The van der Waals surface area contributed by atoms with Gasteiger partial charge in [0, 0.05) is 6.07 Å². The Labute approximate surface area is 104 Å². The number of nitrogens with two attached hydrogens (primary N) is 1. The molecule has 0 bridgehead atoms. The Morgan fingerprint density at radius 3 is 2.67 bits per heavy atom. The van der Waals surface area contributed by atoms with Crippen LogP contribution in [-0.2, 0) is 0 Å². The molecule has 5 nitrogen and oxygen atoms in total. The Balaban J connectivity index is 2.07. The highest BCUT2D eigenvalue weighted by Crippen LogP contribution is 2.29. The molecular weight excluding hydrogens is 239 g/mol. The van der Waals surface area contributed by atoms with E-state index < -0.39 is 10.7 Å². The van der Waals surface area contributed by atoms with E-state index in [1.807, 2.05) is 0 Å². The topological polar surface area (TPSA) is 78.4 Å². The largest absolute Gasteiger partial charge is 0.491 e. The lowest BCUT2D eigenvalue weighted by atomic mass is 10.0. The van der Waals surface area contributed by atoms with Gasteiger partial charge in [-0.25, -0.2) is 4.39 Å². The van der Waals surface area contributed by atoms with Gasteiger partial charge in [0.2, 0.25) is 0 Å². The van der Waals surface area contributed by atoms with Crippen LogP contribution in [0, 0.1) is 15.9 Å². The third-order valence-electron chi connectivity index (χ3n) is 3.19. The van der Waals surface area contributed by atoms with Gasteiger partial charge in [-0.15, -0.1) is 0 Å². The molecule has 1 fully saturated rings. The zero-order valence-corrected chi connectivity index (χ0v) is 9.89. The van der Waals surface area contributed by atoms with Crippen LogP contribution in [0.4, 0.5) is 10.1 Å². The molecule has 0 aromatic heterocycles. The summed E-state index contributed by atoms with van der Waals surface area (Å²) in [4.78, 5) is 9.94. The normalized spacial score (nSPS) is 17.7. The summed E-state index contributed by atoms with van der Waals surface area (Å²) in [6, 6.07) is 3.20. The van der Waals surface area contributed by atoms with Crippen molar-refractivity contribution in [2.75, 3.05) is 6.61 Å². The van der Waals surface area contributed by atoms with E-state index in [0.717, 1.165) is 37.8 Å². The number of nitro benzene ring substituents is 1. The van der Waals surface area contributed by atoms with Crippen LogP contribution in [0.3, 0.4) is 0 Å². The standard InChI is InChI=1S/C12H15FN2O3/c13-9-5-10(15(16)17)7-11(6-9)18-8-12(14)3-1-2-4-12/h5-7H,1-4,8,14H2. The molecule has 1 aliphatic carbocycles. The predicted molar refractivity (Wildman–Crippen MR) is 63.9 cm³/mol. The smallest absolute Gasteiger partial charge is 0.276 e. The number of hydrogen-bond donors (Lipinski definition) is 1. The first-order valence-corrected chi connectivity index (χ1v) is 5.85. The van der Waals surface area contributed by atoms with Gasteiger partial charge in [-0.1, -0.05) is 12.8 Å². The van der Waals surface area contributed by atoms with Crippen LogP contribution >= 0.6 is 0 Å². The second-order valence-electron chi connectivity index (χ2n) is 4.76.